The first-order valence-corrected chi connectivity index (χ1v) is 7.00. The number of hydrogen-bond donors (Lipinski definition) is 0. The summed E-state index contributed by atoms with van der Waals surface area (Å²) in [7, 11) is 0. The minimum atomic E-state index is 0.0304. The molecule has 2 heterocycles. The van der Waals surface area contributed by atoms with E-state index in [1.54, 1.807) is 21.6 Å². The average molecular weight is 258 g/mol. The highest BCUT2D eigenvalue weighted by atomic mass is 32.2. The van der Waals surface area contributed by atoms with Crippen molar-refractivity contribution in [1.82, 2.24) is 9.80 Å². The Balaban J connectivity index is 1.88. The number of rotatable bonds is 2. The molecule has 0 radical (unpaired) electrons. The van der Waals surface area contributed by atoms with Gasteiger partial charge in [-0.2, -0.15) is 0 Å². The standard InChI is InChI=1S/C11H18N2O3S/c1-8-3-12(4-9(2)16-8)10(14)5-13-7-17-6-11(13)15/h8-9H,3-7H2,1-2H3. The van der Waals surface area contributed by atoms with Crippen LogP contribution in [-0.4, -0.2) is 65.1 Å². The zero-order valence-corrected chi connectivity index (χ0v) is 11.0. The molecule has 0 aromatic carbocycles. The molecule has 0 bridgehead atoms. The van der Waals surface area contributed by atoms with Crippen molar-refractivity contribution in [2.45, 2.75) is 26.1 Å². The van der Waals surface area contributed by atoms with E-state index in [2.05, 4.69) is 0 Å². The Hall–Kier alpha value is -0.750. The smallest absolute Gasteiger partial charge is 0.242 e. The van der Waals surface area contributed by atoms with Crippen LogP contribution in [0.4, 0.5) is 0 Å². The topological polar surface area (TPSA) is 49.9 Å². The van der Waals surface area contributed by atoms with E-state index in [0.717, 1.165) is 0 Å². The molecule has 0 aromatic rings. The van der Waals surface area contributed by atoms with E-state index in [1.165, 1.54) is 0 Å². The fourth-order valence-corrected chi connectivity index (χ4v) is 3.09. The summed E-state index contributed by atoms with van der Waals surface area (Å²) in [6, 6.07) is 0. The van der Waals surface area contributed by atoms with E-state index in [0.29, 0.717) is 24.7 Å². The fourth-order valence-electron chi connectivity index (χ4n) is 2.19. The molecule has 96 valence electrons. The molecule has 0 saturated carbocycles. The molecular formula is C11H18N2O3S. The van der Waals surface area contributed by atoms with Gasteiger partial charge in [0.15, 0.2) is 0 Å². The van der Waals surface area contributed by atoms with E-state index in [-0.39, 0.29) is 30.6 Å². The van der Waals surface area contributed by atoms with E-state index in [4.69, 9.17) is 4.74 Å². The molecule has 2 aliphatic heterocycles. The number of thioether (sulfide) groups is 1. The molecule has 2 rings (SSSR count). The van der Waals surface area contributed by atoms with Crippen molar-refractivity contribution in [2.24, 2.45) is 0 Å². The molecule has 6 heteroatoms. The predicted molar refractivity (Wildman–Crippen MR) is 65.6 cm³/mol. The summed E-state index contributed by atoms with van der Waals surface area (Å²) < 4.78 is 5.58. The zero-order chi connectivity index (χ0) is 12.4. The van der Waals surface area contributed by atoms with Gasteiger partial charge in [0.05, 0.1) is 23.8 Å². The molecule has 2 saturated heterocycles. The molecule has 17 heavy (non-hydrogen) atoms. The molecule has 0 aromatic heterocycles. The van der Waals surface area contributed by atoms with Crippen LogP contribution >= 0.6 is 11.8 Å². The molecule has 2 unspecified atom stereocenters. The highest BCUT2D eigenvalue weighted by Gasteiger charge is 2.29. The first kappa shape index (κ1) is 12.7. The van der Waals surface area contributed by atoms with Crippen molar-refractivity contribution in [1.29, 1.82) is 0 Å². The van der Waals surface area contributed by atoms with Gasteiger partial charge in [0.2, 0.25) is 11.8 Å². The van der Waals surface area contributed by atoms with Crippen LogP contribution in [0.25, 0.3) is 0 Å². The summed E-state index contributed by atoms with van der Waals surface area (Å²) >= 11 is 1.56. The molecule has 2 aliphatic rings. The average Bonchev–Trinajstić information content (AvgIpc) is 2.63. The first-order valence-electron chi connectivity index (χ1n) is 5.85. The fraction of sp³-hybridized carbons (Fsp3) is 0.818. The number of ether oxygens (including phenoxy) is 1. The Kier molecular flexibility index (Phi) is 3.93. The molecule has 0 aliphatic carbocycles. The summed E-state index contributed by atoms with van der Waals surface area (Å²) in [5.41, 5.74) is 0. The van der Waals surface area contributed by atoms with Crippen LogP contribution in [0.2, 0.25) is 0 Å². The van der Waals surface area contributed by atoms with E-state index in [1.807, 2.05) is 13.8 Å². The third kappa shape index (κ3) is 3.13. The Labute approximate surface area is 105 Å². The number of carbonyl (C=O) groups is 2. The van der Waals surface area contributed by atoms with Crippen LogP contribution in [-0.2, 0) is 14.3 Å². The van der Waals surface area contributed by atoms with Gasteiger partial charge in [-0.15, -0.1) is 11.8 Å². The molecular weight excluding hydrogens is 240 g/mol. The van der Waals surface area contributed by atoms with Crippen molar-refractivity contribution >= 4 is 23.6 Å². The summed E-state index contributed by atoms with van der Waals surface area (Å²) in [6.07, 6.45) is 0.151. The molecule has 2 amide bonds. The number of amides is 2. The van der Waals surface area contributed by atoms with Crippen molar-refractivity contribution in [3.8, 4) is 0 Å². The minimum absolute atomic E-state index is 0.0304. The Bertz CT molecular complexity index is 314. The van der Waals surface area contributed by atoms with Crippen molar-refractivity contribution in [2.75, 3.05) is 31.3 Å². The lowest BCUT2D eigenvalue weighted by Gasteiger charge is -2.36. The highest BCUT2D eigenvalue weighted by Crippen LogP contribution is 2.16. The van der Waals surface area contributed by atoms with E-state index in [9.17, 15) is 9.59 Å². The van der Waals surface area contributed by atoms with Crippen LogP contribution in [0.3, 0.4) is 0 Å². The molecule has 2 atom stereocenters. The lowest BCUT2D eigenvalue weighted by atomic mass is 10.2. The van der Waals surface area contributed by atoms with Gasteiger partial charge in [-0.3, -0.25) is 9.59 Å². The van der Waals surface area contributed by atoms with Gasteiger partial charge in [-0.25, -0.2) is 0 Å². The lowest BCUT2D eigenvalue weighted by molar-refractivity contribution is -0.146. The summed E-state index contributed by atoms with van der Waals surface area (Å²) in [6.45, 7) is 5.39. The number of morpholine rings is 1. The maximum absolute atomic E-state index is 12.1. The summed E-state index contributed by atoms with van der Waals surface area (Å²) in [5, 5.41) is 0. The third-order valence-corrected chi connectivity index (χ3v) is 3.87. The molecule has 0 spiro atoms. The lowest BCUT2D eigenvalue weighted by Crippen LogP contribution is -2.51. The number of hydrogen-bond acceptors (Lipinski definition) is 4. The summed E-state index contributed by atoms with van der Waals surface area (Å²) in [5.74, 6) is 1.24. The van der Waals surface area contributed by atoms with Gasteiger partial charge in [0, 0.05) is 13.1 Å². The second kappa shape index (κ2) is 5.27. The summed E-state index contributed by atoms with van der Waals surface area (Å²) in [4.78, 5) is 26.9. The maximum atomic E-state index is 12.1. The van der Waals surface area contributed by atoms with Crippen LogP contribution < -0.4 is 0 Å². The van der Waals surface area contributed by atoms with Gasteiger partial charge in [-0.1, -0.05) is 0 Å². The Morgan fingerprint density at radius 2 is 2.06 bits per heavy atom. The normalized spacial score (nSPS) is 29.9. The second-order valence-corrected chi connectivity index (χ2v) is 5.58. The Morgan fingerprint density at radius 1 is 1.41 bits per heavy atom. The second-order valence-electron chi connectivity index (χ2n) is 4.63. The molecule has 0 N–H and O–H groups in total. The SMILES string of the molecule is CC1CN(C(=O)CN2CSCC2=O)CC(C)O1. The van der Waals surface area contributed by atoms with Crippen LogP contribution in [0.1, 0.15) is 13.8 Å². The number of carbonyl (C=O) groups excluding carboxylic acids is 2. The first-order chi connectivity index (χ1) is 8.06. The van der Waals surface area contributed by atoms with Gasteiger partial charge >= 0.3 is 0 Å². The predicted octanol–water partition coefficient (Wildman–Crippen LogP) is 0.155. The zero-order valence-electron chi connectivity index (χ0n) is 10.2. The van der Waals surface area contributed by atoms with Crippen LogP contribution in [0, 0.1) is 0 Å². The van der Waals surface area contributed by atoms with Gasteiger partial charge in [-0.05, 0) is 13.8 Å². The minimum Gasteiger partial charge on any atom is -0.372 e. The monoisotopic (exact) mass is 258 g/mol. The molecule has 2 fully saturated rings. The third-order valence-electron chi connectivity index (χ3n) is 2.92. The van der Waals surface area contributed by atoms with Gasteiger partial charge < -0.3 is 14.5 Å². The largest absolute Gasteiger partial charge is 0.372 e. The van der Waals surface area contributed by atoms with Gasteiger partial charge in [0.25, 0.3) is 0 Å². The van der Waals surface area contributed by atoms with Gasteiger partial charge in [0.1, 0.15) is 6.54 Å². The molecule has 5 nitrogen and oxygen atoms in total. The number of nitrogens with zero attached hydrogens (tertiary/aromatic N) is 2. The van der Waals surface area contributed by atoms with Crippen molar-refractivity contribution in [3.63, 3.8) is 0 Å². The van der Waals surface area contributed by atoms with Crippen molar-refractivity contribution in [3.05, 3.63) is 0 Å². The maximum Gasteiger partial charge on any atom is 0.242 e. The van der Waals surface area contributed by atoms with Crippen LogP contribution in [0.15, 0.2) is 0 Å². The highest BCUT2D eigenvalue weighted by molar-refractivity contribution is 8.00. The quantitative estimate of drug-likeness (QED) is 0.708. The van der Waals surface area contributed by atoms with Crippen LogP contribution in [0.5, 0.6) is 0 Å². The Morgan fingerprint density at radius 3 is 2.59 bits per heavy atom. The van der Waals surface area contributed by atoms with E-state index < -0.39 is 0 Å². The van der Waals surface area contributed by atoms with E-state index >= 15 is 0 Å². The van der Waals surface area contributed by atoms with Crippen molar-refractivity contribution < 1.29 is 14.3 Å².